The maximum Gasteiger partial charge on any atom is 0.0952 e. The normalized spacial score (nSPS) is 34.4. The largest absolute Gasteiger partial charge is 0.370 e. The Morgan fingerprint density at radius 2 is 1.95 bits per heavy atom. The summed E-state index contributed by atoms with van der Waals surface area (Å²) in [6.07, 6.45) is 5.44. The van der Waals surface area contributed by atoms with E-state index in [1.54, 1.807) is 0 Å². The lowest BCUT2D eigenvalue weighted by Gasteiger charge is -2.45. The maximum atomic E-state index is 6.25. The first-order chi connectivity index (χ1) is 9.58. The lowest BCUT2D eigenvalue weighted by molar-refractivity contribution is -0.0506. The molecule has 1 unspecified atom stereocenters. The summed E-state index contributed by atoms with van der Waals surface area (Å²) in [6.45, 7) is 8.54. The molecule has 1 N–H and O–H groups in total. The van der Waals surface area contributed by atoms with Crippen LogP contribution in [-0.2, 0) is 4.74 Å². The Labute approximate surface area is 122 Å². The van der Waals surface area contributed by atoms with Gasteiger partial charge in [-0.1, -0.05) is 30.7 Å². The van der Waals surface area contributed by atoms with Crippen molar-refractivity contribution in [2.24, 2.45) is 5.92 Å². The lowest BCUT2D eigenvalue weighted by atomic mass is 9.76. The van der Waals surface area contributed by atoms with E-state index in [2.05, 4.69) is 44.3 Å². The second-order valence-electron chi connectivity index (χ2n) is 7.00. The predicted octanol–water partition coefficient (Wildman–Crippen LogP) is 3.91. The molecule has 0 radical (unpaired) electrons. The minimum Gasteiger partial charge on any atom is -0.370 e. The lowest BCUT2D eigenvalue weighted by Crippen LogP contribution is -2.56. The van der Waals surface area contributed by atoms with E-state index in [0.717, 1.165) is 19.1 Å². The number of hydrogen-bond acceptors (Lipinski definition) is 2. The van der Waals surface area contributed by atoms with Crippen molar-refractivity contribution >= 4 is 0 Å². The zero-order valence-electron chi connectivity index (χ0n) is 13.0. The average molecular weight is 273 g/mol. The first-order valence-corrected chi connectivity index (χ1v) is 8.02. The van der Waals surface area contributed by atoms with Gasteiger partial charge in [-0.25, -0.2) is 0 Å². The van der Waals surface area contributed by atoms with Gasteiger partial charge in [0.2, 0.25) is 0 Å². The molecule has 1 aromatic carbocycles. The van der Waals surface area contributed by atoms with E-state index in [-0.39, 0.29) is 11.6 Å². The van der Waals surface area contributed by atoms with Crippen LogP contribution in [0.3, 0.4) is 0 Å². The Bertz CT molecular complexity index is 464. The molecule has 1 aliphatic carbocycles. The minimum atomic E-state index is 0.223. The highest BCUT2D eigenvalue weighted by molar-refractivity contribution is 5.32. The number of nitrogens with one attached hydrogen (secondary N) is 1. The summed E-state index contributed by atoms with van der Waals surface area (Å²) in [4.78, 5) is 0. The summed E-state index contributed by atoms with van der Waals surface area (Å²) in [5.41, 5.74) is 4.29. The van der Waals surface area contributed by atoms with Crippen LogP contribution in [-0.4, -0.2) is 18.7 Å². The molecular weight excluding hydrogens is 246 g/mol. The molecule has 1 aromatic rings. The van der Waals surface area contributed by atoms with Gasteiger partial charge in [0, 0.05) is 12.1 Å². The fraction of sp³-hybridized carbons (Fsp3) is 0.667. The molecule has 1 saturated carbocycles. The zero-order valence-corrected chi connectivity index (χ0v) is 13.0. The van der Waals surface area contributed by atoms with E-state index < -0.39 is 0 Å². The summed E-state index contributed by atoms with van der Waals surface area (Å²) in [7, 11) is 0. The highest BCUT2D eigenvalue weighted by Crippen LogP contribution is 2.36. The van der Waals surface area contributed by atoms with Gasteiger partial charge in [0.1, 0.15) is 0 Å². The Morgan fingerprint density at radius 3 is 2.55 bits per heavy atom. The van der Waals surface area contributed by atoms with Crippen molar-refractivity contribution in [2.45, 2.75) is 58.1 Å². The molecule has 2 aliphatic rings. The Kier molecular flexibility index (Phi) is 3.87. The second kappa shape index (κ2) is 5.50. The van der Waals surface area contributed by atoms with Crippen LogP contribution in [0.15, 0.2) is 18.2 Å². The summed E-state index contributed by atoms with van der Waals surface area (Å²) in [5, 5.41) is 3.82. The van der Waals surface area contributed by atoms with Crippen LogP contribution in [0.5, 0.6) is 0 Å². The first kappa shape index (κ1) is 14.1. The Hall–Kier alpha value is -0.860. The highest BCUT2D eigenvalue weighted by Gasteiger charge is 2.38. The fourth-order valence-corrected chi connectivity index (χ4v) is 3.70. The van der Waals surface area contributed by atoms with Gasteiger partial charge in [-0.3, -0.25) is 0 Å². The van der Waals surface area contributed by atoms with Crippen LogP contribution in [0.1, 0.15) is 55.4 Å². The zero-order chi connectivity index (χ0) is 14.2. The van der Waals surface area contributed by atoms with Crippen molar-refractivity contribution in [2.75, 3.05) is 13.2 Å². The van der Waals surface area contributed by atoms with Gasteiger partial charge >= 0.3 is 0 Å². The molecule has 0 bridgehead atoms. The SMILES string of the molecule is Cc1ccc(C2CNC3(CCC(C)CC3)CO2)c(C)c1. The van der Waals surface area contributed by atoms with Crippen molar-refractivity contribution in [3.63, 3.8) is 0 Å². The smallest absolute Gasteiger partial charge is 0.0952 e. The average Bonchev–Trinajstić information content (AvgIpc) is 2.44. The van der Waals surface area contributed by atoms with Crippen LogP contribution < -0.4 is 5.32 Å². The number of benzene rings is 1. The molecule has 1 saturated heterocycles. The van der Waals surface area contributed by atoms with Gasteiger partial charge in [-0.05, 0) is 56.6 Å². The van der Waals surface area contributed by atoms with Gasteiger partial charge < -0.3 is 10.1 Å². The van der Waals surface area contributed by atoms with Gasteiger partial charge in [0.15, 0.2) is 0 Å². The van der Waals surface area contributed by atoms with E-state index in [0.29, 0.717) is 0 Å². The van der Waals surface area contributed by atoms with Crippen LogP contribution in [0.25, 0.3) is 0 Å². The fourth-order valence-electron chi connectivity index (χ4n) is 3.70. The van der Waals surface area contributed by atoms with E-state index in [1.807, 2.05) is 0 Å². The number of aryl methyl sites for hydroxylation is 2. The van der Waals surface area contributed by atoms with Crippen LogP contribution in [0.2, 0.25) is 0 Å². The van der Waals surface area contributed by atoms with Crippen molar-refractivity contribution in [3.8, 4) is 0 Å². The van der Waals surface area contributed by atoms with Gasteiger partial charge in [-0.2, -0.15) is 0 Å². The monoisotopic (exact) mass is 273 g/mol. The third-order valence-corrected chi connectivity index (χ3v) is 5.23. The van der Waals surface area contributed by atoms with E-state index in [4.69, 9.17) is 4.74 Å². The topological polar surface area (TPSA) is 21.3 Å². The molecule has 0 aromatic heterocycles. The summed E-state index contributed by atoms with van der Waals surface area (Å²) >= 11 is 0. The molecule has 1 aliphatic heterocycles. The van der Waals surface area contributed by atoms with E-state index in [1.165, 1.54) is 42.4 Å². The third kappa shape index (κ3) is 2.77. The molecule has 1 atom stereocenters. The van der Waals surface area contributed by atoms with Gasteiger partial charge in [-0.15, -0.1) is 0 Å². The molecule has 3 rings (SSSR count). The molecule has 20 heavy (non-hydrogen) atoms. The van der Waals surface area contributed by atoms with Crippen molar-refractivity contribution < 1.29 is 4.74 Å². The standard InChI is InChI=1S/C18H27NO/c1-13-6-8-18(9-7-13)12-20-17(11-19-18)16-5-4-14(2)10-15(16)3/h4-5,10,13,17,19H,6-9,11-12H2,1-3H3. The number of hydrogen-bond donors (Lipinski definition) is 1. The van der Waals surface area contributed by atoms with Gasteiger partial charge in [0.05, 0.1) is 12.7 Å². The summed E-state index contributed by atoms with van der Waals surface area (Å²) < 4.78 is 6.25. The quantitative estimate of drug-likeness (QED) is 0.837. The number of morpholine rings is 1. The van der Waals surface area contributed by atoms with Crippen molar-refractivity contribution in [1.82, 2.24) is 5.32 Å². The molecule has 2 heteroatoms. The summed E-state index contributed by atoms with van der Waals surface area (Å²) in [6, 6.07) is 6.68. The van der Waals surface area contributed by atoms with E-state index in [9.17, 15) is 0 Å². The summed E-state index contributed by atoms with van der Waals surface area (Å²) in [5.74, 6) is 0.888. The molecule has 0 amide bonds. The second-order valence-corrected chi connectivity index (χ2v) is 7.00. The van der Waals surface area contributed by atoms with Crippen molar-refractivity contribution in [1.29, 1.82) is 0 Å². The van der Waals surface area contributed by atoms with Crippen LogP contribution in [0, 0.1) is 19.8 Å². The van der Waals surface area contributed by atoms with Crippen molar-refractivity contribution in [3.05, 3.63) is 34.9 Å². The Morgan fingerprint density at radius 1 is 1.20 bits per heavy atom. The molecular formula is C18H27NO. The van der Waals surface area contributed by atoms with E-state index >= 15 is 0 Å². The number of rotatable bonds is 1. The molecule has 110 valence electrons. The molecule has 1 spiro atoms. The first-order valence-electron chi connectivity index (χ1n) is 8.02. The highest BCUT2D eigenvalue weighted by atomic mass is 16.5. The minimum absolute atomic E-state index is 0.223. The maximum absolute atomic E-state index is 6.25. The van der Waals surface area contributed by atoms with Gasteiger partial charge in [0.25, 0.3) is 0 Å². The van der Waals surface area contributed by atoms with Crippen LogP contribution >= 0.6 is 0 Å². The predicted molar refractivity (Wildman–Crippen MR) is 83.0 cm³/mol. The van der Waals surface area contributed by atoms with Crippen LogP contribution in [0.4, 0.5) is 0 Å². The number of ether oxygens (including phenoxy) is 1. The Balaban J connectivity index is 1.66. The molecule has 1 heterocycles. The molecule has 2 fully saturated rings. The third-order valence-electron chi connectivity index (χ3n) is 5.23. The molecule has 2 nitrogen and oxygen atoms in total.